The number of rotatable bonds is 10. The predicted molar refractivity (Wildman–Crippen MR) is 134 cm³/mol. The van der Waals surface area contributed by atoms with Crippen LogP contribution in [0.5, 0.6) is 17.2 Å². The molecule has 1 aliphatic heterocycles. The van der Waals surface area contributed by atoms with Crippen molar-refractivity contribution in [1.82, 2.24) is 9.80 Å². The number of hydrogen-bond acceptors (Lipinski definition) is 7. The number of benzene rings is 2. The van der Waals surface area contributed by atoms with Crippen LogP contribution in [-0.2, 0) is 9.59 Å². The van der Waals surface area contributed by atoms with Crippen molar-refractivity contribution in [2.24, 2.45) is 0 Å². The Hall–Kier alpha value is -3.52. The van der Waals surface area contributed by atoms with Crippen molar-refractivity contribution in [2.45, 2.75) is 26.8 Å². The number of likely N-dealkylation sites (N-methyl/N-ethyl adjacent to an activating group) is 1. The summed E-state index contributed by atoms with van der Waals surface area (Å²) in [6.45, 7) is 8.48. The predicted octanol–water partition coefficient (Wildman–Crippen LogP) is 3.78. The second kappa shape index (κ2) is 11.3. The number of ketones is 1. The minimum Gasteiger partial charge on any atom is -0.507 e. The molecule has 3 rings (SSSR count). The number of carbonyl (C=O) groups excluding carboxylic acids is 2. The number of nitrogens with zero attached hydrogens (tertiary/aromatic N) is 2. The SMILES string of the molecule is CCN(CC)CCN1C(=O)C(=O)C(=C(O)c2ccc(OC)cc2C)C1c1ccc(OC)cc1OC. The van der Waals surface area contributed by atoms with E-state index in [2.05, 4.69) is 4.90 Å². The quantitative estimate of drug-likeness (QED) is 0.313. The number of Topliss-reactive ketones (excluding diaryl/α,β-unsaturated/α-hetero) is 1. The van der Waals surface area contributed by atoms with Crippen molar-refractivity contribution >= 4 is 17.4 Å². The third-order valence-corrected chi connectivity index (χ3v) is 6.52. The van der Waals surface area contributed by atoms with E-state index in [0.717, 1.165) is 18.7 Å². The van der Waals surface area contributed by atoms with Gasteiger partial charge in [0.25, 0.3) is 11.7 Å². The molecule has 0 saturated carbocycles. The minimum atomic E-state index is -0.812. The highest BCUT2D eigenvalue weighted by atomic mass is 16.5. The Labute approximate surface area is 206 Å². The Morgan fingerprint density at radius 3 is 2.17 bits per heavy atom. The lowest BCUT2D eigenvalue weighted by atomic mass is 9.93. The number of aliphatic hydroxyl groups excluding tert-OH is 1. The molecule has 8 nitrogen and oxygen atoms in total. The van der Waals surface area contributed by atoms with Crippen molar-refractivity contribution in [3.8, 4) is 17.2 Å². The van der Waals surface area contributed by atoms with E-state index in [9.17, 15) is 14.7 Å². The van der Waals surface area contributed by atoms with E-state index >= 15 is 0 Å². The summed E-state index contributed by atoms with van der Waals surface area (Å²) in [6.07, 6.45) is 0. The molecule has 0 aliphatic carbocycles. The van der Waals surface area contributed by atoms with Crippen LogP contribution in [0.4, 0.5) is 0 Å². The van der Waals surface area contributed by atoms with E-state index in [0.29, 0.717) is 41.5 Å². The maximum atomic E-state index is 13.3. The van der Waals surface area contributed by atoms with Gasteiger partial charge in [-0.2, -0.15) is 0 Å². The van der Waals surface area contributed by atoms with Gasteiger partial charge < -0.3 is 29.1 Å². The fraction of sp³-hybridized carbons (Fsp3) is 0.407. The zero-order chi connectivity index (χ0) is 25.7. The largest absolute Gasteiger partial charge is 0.507 e. The van der Waals surface area contributed by atoms with E-state index < -0.39 is 17.7 Å². The molecule has 0 aromatic heterocycles. The maximum absolute atomic E-state index is 13.3. The molecule has 1 unspecified atom stereocenters. The molecule has 0 bridgehead atoms. The molecule has 0 radical (unpaired) electrons. The molecule has 1 heterocycles. The number of aliphatic hydroxyl groups is 1. The summed E-state index contributed by atoms with van der Waals surface area (Å²) in [7, 11) is 4.64. The summed E-state index contributed by atoms with van der Waals surface area (Å²) < 4.78 is 16.2. The van der Waals surface area contributed by atoms with Crippen LogP contribution in [0.25, 0.3) is 5.76 Å². The van der Waals surface area contributed by atoms with Crippen LogP contribution in [0.2, 0.25) is 0 Å². The van der Waals surface area contributed by atoms with Crippen LogP contribution in [-0.4, -0.2) is 74.1 Å². The van der Waals surface area contributed by atoms with Gasteiger partial charge in [0, 0.05) is 30.3 Å². The molecular weight excluding hydrogens is 448 g/mol. The van der Waals surface area contributed by atoms with Crippen molar-refractivity contribution in [3.05, 3.63) is 58.7 Å². The monoisotopic (exact) mass is 482 g/mol. The first-order chi connectivity index (χ1) is 16.8. The minimum absolute atomic E-state index is 0.0336. The van der Waals surface area contributed by atoms with E-state index in [1.807, 2.05) is 20.8 Å². The molecule has 35 heavy (non-hydrogen) atoms. The van der Waals surface area contributed by atoms with Gasteiger partial charge in [0.15, 0.2) is 0 Å². The lowest BCUT2D eigenvalue weighted by molar-refractivity contribution is -0.140. The average Bonchev–Trinajstić information content (AvgIpc) is 3.13. The van der Waals surface area contributed by atoms with Gasteiger partial charge in [-0.05, 0) is 55.9 Å². The van der Waals surface area contributed by atoms with Crippen molar-refractivity contribution in [1.29, 1.82) is 0 Å². The summed E-state index contributed by atoms with van der Waals surface area (Å²) in [6, 6.07) is 9.59. The summed E-state index contributed by atoms with van der Waals surface area (Å²) >= 11 is 0. The fourth-order valence-electron chi connectivity index (χ4n) is 4.44. The van der Waals surface area contributed by atoms with Crippen LogP contribution in [0.15, 0.2) is 42.0 Å². The number of ether oxygens (including phenoxy) is 3. The van der Waals surface area contributed by atoms with Gasteiger partial charge in [0.1, 0.15) is 23.0 Å². The van der Waals surface area contributed by atoms with E-state index in [1.54, 1.807) is 50.6 Å². The molecule has 2 aromatic rings. The molecule has 1 N–H and O–H groups in total. The summed E-state index contributed by atoms with van der Waals surface area (Å²) in [5.74, 6) is 0.0785. The Bertz CT molecular complexity index is 1120. The highest BCUT2D eigenvalue weighted by Crippen LogP contribution is 2.44. The summed E-state index contributed by atoms with van der Waals surface area (Å²) in [5.41, 5.74) is 1.81. The second-order valence-corrected chi connectivity index (χ2v) is 8.31. The number of methoxy groups -OCH3 is 3. The molecule has 8 heteroatoms. The van der Waals surface area contributed by atoms with Crippen LogP contribution in [0.1, 0.15) is 36.6 Å². The highest BCUT2D eigenvalue weighted by molar-refractivity contribution is 6.46. The van der Waals surface area contributed by atoms with Crippen LogP contribution in [0, 0.1) is 6.92 Å². The van der Waals surface area contributed by atoms with Crippen molar-refractivity contribution in [3.63, 3.8) is 0 Å². The summed E-state index contributed by atoms with van der Waals surface area (Å²) in [4.78, 5) is 30.3. The molecule has 1 saturated heterocycles. The third kappa shape index (κ3) is 5.12. The Balaban J connectivity index is 2.20. The number of amides is 1. The molecule has 1 fully saturated rings. The normalized spacial score (nSPS) is 17.2. The first-order valence-electron chi connectivity index (χ1n) is 11.7. The third-order valence-electron chi connectivity index (χ3n) is 6.52. The van der Waals surface area contributed by atoms with Gasteiger partial charge in [-0.1, -0.05) is 13.8 Å². The van der Waals surface area contributed by atoms with Gasteiger partial charge in [0.05, 0.1) is 32.9 Å². The van der Waals surface area contributed by atoms with Crippen LogP contribution < -0.4 is 14.2 Å². The van der Waals surface area contributed by atoms with E-state index in [-0.39, 0.29) is 11.3 Å². The van der Waals surface area contributed by atoms with E-state index in [4.69, 9.17) is 14.2 Å². The van der Waals surface area contributed by atoms with Gasteiger partial charge in [0.2, 0.25) is 0 Å². The first-order valence-corrected chi connectivity index (χ1v) is 11.7. The molecule has 1 atom stereocenters. The van der Waals surface area contributed by atoms with Crippen molar-refractivity contribution < 1.29 is 28.9 Å². The Morgan fingerprint density at radius 1 is 0.971 bits per heavy atom. The molecule has 188 valence electrons. The lowest BCUT2D eigenvalue weighted by Crippen LogP contribution is -2.38. The Morgan fingerprint density at radius 2 is 1.60 bits per heavy atom. The zero-order valence-corrected chi connectivity index (χ0v) is 21.3. The molecule has 0 spiro atoms. The number of hydrogen-bond donors (Lipinski definition) is 1. The lowest BCUT2D eigenvalue weighted by Gasteiger charge is -2.29. The zero-order valence-electron chi connectivity index (χ0n) is 21.3. The molecular formula is C27H34N2O6. The van der Waals surface area contributed by atoms with Gasteiger partial charge in [-0.15, -0.1) is 0 Å². The number of aryl methyl sites for hydroxylation is 1. The van der Waals surface area contributed by atoms with Gasteiger partial charge in [-0.3, -0.25) is 9.59 Å². The van der Waals surface area contributed by atoms with Gasteiger partial charge in [-0.25, -0.2) is 0 Å². The molecule has 2 aromatic carbocycles. The second-order valence-electron chi connectivity index (χ2n) is 8.31. The highest BCUT2D eigenvalue weighted by Gasteiger charge is 2.47. The average molecular weight is 483 g/mol. The topological polar surface area (TPSA) is 88.5 Å². The molecule has 1 aliphatic rings. The van der Waals surface area contributed by atoms with Crippen LogP contribution >= 0.6 is 0 Å². The maximum Gasteiger partial charge on any atom is 0.295 e. The standard InChI is InChI=1S/C27H34N2O6/c1-7-28(8-2)13-14-29-24(21-12-10-19(34-5)16-22(21)35-6)23(26(31)27(29)32)25(30)20-11-9-18(33-4)15-17(20)3/h9-12,15-16,24,30H,7-8,13-14H2,1-6H3. The van der Waals surface area contributed by atoms with Crippen molar-refractivity contribution in [2.75, 3.05) is 47.5 Å². The summed E-state index contributed by atoms with van der Waals surface area (Å²) in [5, 5.41) is 11.4. The fourth-order valence-corrected chi connectivity index (χ4v) is 4.44. The Kier molecular flexibility index (Phi) is 8.40. The number of carbonyl (C=O) groups is 2. The molecule has 1 amide bonds. The van der Waals surface area contributed by atoms with Gasteiger partial charge >= 0.3 is 0 Å². The number of likely N-dealkylation sites (tertiary alicyclic amines) is 1. The smallest absolute Gasteiger partial charge is 0.295 e. The van der Waals surface area contributed by atoms with E-state index in [1.165, 1.54) is 12.0 Å². The van der Waals surface area contributed by atoms with Crippen LogP contribution in [0.3, 0.4) is 0 Å². The first kappa shape index (κ1) is 26.1.